The van der Waals surface area contributed by atoms with Crippen LogP contribution in [0, 0.1) is 6.92 Å². The van der Waals surface area contributed by atoms with Crippen LogP contribution in [0.1, 0.15) is 48.6 Å². The first-order valence-electron chi connectivity index (χ1n) is 8.13. The van der Waals surface area contributed by atoms with Crippen LogP contribution >= 0.6 is 0 Å². The first-order chi connectivity index (χ1) is 11.8. The second-order valence-corrected chi connectivity index (χ2v) is 7.62. The molecule has 1 atom stereocenters. The molecule has 136 valence electrons. The summed E-state index contributed by atoms with van der Waals surface area (Å²) in [6.45, 7) is 8.00. The Balaban J connectivity index is 2.12. The maximum Gasteiger partial charge on any atom is 0.290 e. The van der Waals surface area contributed by atoms with E-state index in [1.807, 2.05) is 6.92 Å². The van der Waals surface area contributed by atoms with Gasteiger partial charge in [-0.05, 0) is 31.5 Å². The number of aromatic nitrogens is 1. The number of benzene rings is 1. The monoisotopic (exact) mass is 365 g/mol. The van der Waals surface area contributed by atoms with Crippen LogP contribution in [-0.2, 0) is 10.0 Å². The molecule has 2 rings (SSSR count). The van der Waals surface area contributed by atoms with E-state index in [1.54, 1.807) is 51.1 Å². The molecule has 8 heteroatoms. The summed E-state index contributed by atoms with van der Waals surface area (Å²) in [6, 6.07) is 7.78. The quantitative estimate of drug-likeness (QED) is 0.814. The van der Waals surface area contributed by atoms with Gasteiger partial charge in [0.15, 0.2) is 0 Å². The normalized spacial score (nSPS) is 13.0. The van der Waals surface area contributed by atoms with Gasteiger partial charge in [-0.3, -0.25) is 4.79 Å². The molecule has 1 amide bonds. The van der Waals surface area contributed by atoms with Crippen molar-refractivity contribution in [3.05, 3.63) is 47.3 Å². The largest absolute Gasteiger partial charge is 0.351 e. The zero-order valence-electron chi connectivity index (χ0n) is 14.8. The number of rotatable bonds is 7. The van der Waals surface area contributed by atoms with Crippen LogP contribution in [0.3, 0.4) is 0 Å². The molecule has 0 radical (unpaired) electrons. The van der Waals surface area contributed by atoms with Gasteiger partial charge in [0.2, 0.25) is 15.8 Å². The van der Waals surface area contributed by atoms with E-state index >= 15 is 0 Å². The van der Waals surface area contributed by atoms with Gasteiger partial charge in [-0.15, -0.1) is 0 Å². The second-order valence-electron chi connectivity index (χ2n) is 5.69. The average Bonchev–Trinajstić information content (AvgIpc) is 3.02. The van der Waals surface area contributed by atoms with Gasteiger partial charge < -0.3 is 9.84 Å². The minimum absolute atomic E-state index is 0.144. The fraction of sp³-hybridized carbons (Fsp3) is 0.412. The molecule has 25 heavy (non-hydrogen) atoms. The molecule has 0 fully saturated rings. The molecule has 1 aromatic heterocycles. The van der Waals surface area contributed by atoms with E-state index in [0.717, 1.165) is 5.56 Å². The second kappa shape index (κ2) is 7.79. The van der Waals surface area contributed by atoms with E-state index in [9.17, 15) is 13.2 Å². The number of hydrogen-bond donors (Lipinski definition) is 1. The summed E-state index contributed by atoms with van der Waals surface area (Å²) in [5, 5.41) is 6.48. The Labute approximate surface area is 148 Å². The number of nitrogens with zero attached hydrogens (tertiary/aromatic N) is 2. The molecule has 1 unspecified atom stereocenters. The first-order valence-corrected chi connectivity index (χ1v) is 9.57. The minimum Gasteiger partial charge on any atom is -0.351 e. The van der Waals surface area contributed by atoms with Gasteiger partial charge in [0.1, 0.15) is 0 Å². The molecule has 0 bridgehead atoms. The van der Waals surface area contributed by atoms with Crippen molar-refractivity contribution in [1.29, 1.82) is 0 Å². The van der Waals surface area contributed by atoms with Gasteiger partial charge in [0, 0.05) is 19.2 Å². The molecule has 0 aliphatic rings. The molecule has 7 nitrogen and oxygen atoms in total. The van der Waals surface area contributed by atoms with Gasteiger partial charge >= 0.3 is 0 Å². The van der Waals surface area contributed by atoms with Gasteiger partial charge in [-0.25, -0.2) is 8.42 Å². The number of sulfonamides is 1. The predicted octanol–water partition coefficient (Wildman–Crippen LogP) is 2.50. The fourth-order valence-corrected chi connectivity index (χ4v) is 3.92. The minimum atomic E-state index is -3.48. The summed E-state index contributed by atoms with van der Waals surface area (Å²) >= 11 is 0. The van der Waals surface area contributed by atoms with E-state index in [-0.39, 0.29) is 22.6 Å². The average molecular weight is 365 g/mol. The maximum absolute atomic E-state index is 12.5. The Morgan fingerprint density at radius 2 is 1.84 bits per heavy atom. The van der Waals surface area contributed by atoms with Crippen molar-refractivity contribution in [2.75, 3.05) is 13.1 Å². The van der Waals surface area contributed by atoms with Crippen LogP contribution in [0.25, 0.3) is 0 Å². The highest BCUT2D eigenvalue weighted by atomic mass is 32.2. The van der Waals surface area contributed by atoms with Crippen LogP contribution in [0.5, 0.6) is 0 Å². The van der Waals surface area contributed by atoms with Crippen molar-refractivity contribution < 1.29 is 17.7 Å². The highest BCUT2D eigenvalue weighted by molar-refractivity contribution is 7.89. The number of carbonyl (C=O) groups excluding carboxylic acids is 1. The summed E-state index contributed by atoms with van der Waals surface area (Å²) in [7, 11) is -3.48. The Kier molecular flexibility index (Phi) is 5.97. The molecule has 0 aliphatic carbocycles. The van der Waals surface area contributed by atoms with Crippen LogP contribution in [-0.4, -0.2) is 36.9 Å². The van der Waals surface area contributed by atoms with E-state index in [0.29, 0.717) is 18.8 Å². The number of aryl methyl sites for hydroxylation is 1. The third-order valence-corrected chi connectivity index (χ3v) is 5.99. The molecule has 1 N–H and O–H groups in total. The molecule has 2 aromatic rings. The molecule has 0 saturated heterocycles. The van der Waals surface area contributed by atoms with Gasteiger partial charge in [0.25, 0.3) is 5.91 Å². The molecule has 0 aliphatic heterocycles. The standard InChI is InChI=1S/C17H23N3O4S/c1-5-20(6-2)25(22,23)15-9-7-14(8-10-15)13(4)18-17(21)16-11-12(3)19-24-16/h7-11,13H,5-6H2,1-4H3,(H,18,21). The predicted molar refractivity (Wildman–Crippen MR) is 93.7 cm³/mol. The van der Waals surface area contributed by atoms with Crippen molar-refractivity contribution in [3.8, 4) is 0 Å². The summed E-state index contributed by atoms with van der Waals surface area (Å²) in [6.07, 6.45) is 0. The lowest BCUT2D eigenvalue weighted by Crippen LogP contribution is -2.30. The lowest BCUT2D eigenvalue weighted by atomic mass is 10.1. The van der Waals surface area contributed by atoms with Gasteiger partial charge in [-0.2, -0.15) is 4.31 Å². The van der Waals surface area contributed by atoms with Crippen LogP contribution < -0.4 is 5.32 Å². The van der Waals surface area contributed by atoms with Crippen molar-refractivity contribution in [3.63, 3.8) is 0 Å². The smallest absolute Gasteiger partial charge is 0.290 e. The number of hydrogen-bond acceptors (Lipinski definition) is 5. The molecular formula is C17H23N3O4S. The Morgan fingerprint density at radius 1 is 1.24 bits per heavy atom. The molecule has 0 spiro atoms. The fourth-order valence-electron chi connectivity index (χ4n) is 2.46. The third-order valence-electron chi connectivity index (χ3n) is 3.92. The molecule has 1 aromatic carbocycles. The third kappa shape index (κ3) is 4.26. The van der Waals surface area contributed by atoms with Crippen molar-refractivity contribution >= 4 is 15.9 Å². The summed E-state index contributed by atoms with van der Waals surface area (Å²) in [4.78, 5) is 12.3. The topological polar surface area (TPSA) is 92.5 Å². The zero-order valence-corrected chi connectivity index (χ0v) is 15.6. The highest BCUT2D eigenvalue weighted by Gasteiger charge is 2.22. The van der Waals surface area contributed by atoms with Crippen LogP contribution in [0.4, 0.5) is 0 Å². The van der Waals surface area contributed by atoms with Crippen LogP contribution in [0.15, 0.2) is 39.8 Å². The molecule has 1 heterocycles. The Morgan fingerprint density at radius 3 is 2.32 bits per heavy atom. The summed E-state index contributed by atoms with van der Waals surface area (Å²) in [5.74, 6) is -0.224. The van der Waals surface area contributed by atoms with E-state index < -0.39 is 10.0 Å². The zero-order chi connectivity index (χ0) is 18.6. The lowest BCUT2D eigenvalue weighted by molar-refractivity contribution is 0.0902. The van der Waals surface area contributed by atoms with E-state index in [4.69, 9.17) is 4.52 Å². The lowest BCUT2D eigenvalue weighted by Gasteiger charge is -2.19. The molecule has 0 saturated carbocycles. The maximum atomic E-state index is 12.5. The van der Waals surface area contributed by atoms with Gasteiger partial charge in [-0.1, -0.05) is 31.1 Å². The first kappa shape index (κ1) is 19.1. The number of carbonyl (C=O) groups is 1. The van der Waals surface area contributed by atoms with Crippen LogP contribution in [0.2, 0.25) is 0 Å². The van der Waals surface area contributed by atoms with Crippen molar-refractivity contribution in [2.24, 2.45) is 0 Å². The molecular weight excluding hydrogens is 342 g/mol. The van der Waals surface area contributed by atoms with E-state index in [2.05, 4.69) is 10.5 Å². The highest BCUT2D eigenvalue weighted by Crippen LogP contribution is 2.19. The Hall–Kier alpha value is -2.19. The number of amides is 1. The SMILES string of the molecule is CCN(CC)S(=O)(=O)c1ccc(C(C)NC(=O)c2cc(C)no2)cc1. The van der Waals surface area contributed by atoms with Gasteiger partial charge in [0.05, 0.1) is 16.6 Å². The number of nitrogens with one attached hydrogen (secondary N) is 1. The van der Waals surface area contributed by atoms with Crippen molar-refractivity contribution in [1.82, 2.24) is 14.8 Å². The summed E-state index contributed by atoms with van der Waals surface area (Å²) < 4.78 is 31.3. The van der Waals surface area contributed by atoms with E-state index in [1.165, 1.54) is 4.31 Å². The summed E-state index contributed by atoms with van der Waals surface area (Å²) in [5.41, 5.74) is 1.42. The Bertz CT molecular complexity index is 824. The van der Waals surface area contributed by atoms with Crippen molar-refractivity contribution in [2.45, 2.75) is 38.6 Å².